The van der Waals surface area contributed by atoms with Gasteiger partial charge in [-0.05, 0) is 68.8 Å². The van der Waals surface area contributed by atoms with E-state index in [4.69, 9.17) is 23.1 Å². The van der Waals surface area contributed by atoms with Gasteiger partial charge in [-0.3, -0.25) is 4.57 Å². The van der Waals surface area contributed by atoms with Gasteiger partial charge in [0.05, 0.1) is 29.6 Å². The molecular weight excluding hydrogens is 408 g/mol. The average molecular weight is 437 g/mol. The van der Waals surface area contributed by atoms with E-state index in [-0.39, 0.29) is 12.1 Å². The molecule has 3 heterocycles. The number of aromatic nitrogens is 2. The molecule has 1 fully saturated rings. The van der Waals surface area contributed by atoms with Gasteiger partial charge in [0, 0.05) is 29.2 Å². The number of nitrogen functional groups attached to an aromatic ring is 1. The van der Waals surface area contributed by atoms with Gasteiger partial charge in [-0.2, -0.15) is 0 Å². The lowest BCUT2D eigenvalue weighted by atomic mass is 9.86. The fourth-order valence-corrected chi connectivity index (χ4v) is 5.76. The van der Waals surface area contributed by atoms with Crippen LogP contribution in [0.2, 0.25) is 5.02 Å². The van der Waals surface area contributed by atoms with Crippen molar-refractivity contribution < 1.29 is 0 Å². The lowest BCUT2D eigenvalue weighted by Gasteiger charge is -2.42. The minimum atomic E-state index is -0.296. The molecule has 1 saturated heterocycles. The van der Waals surface area contributed by atoms with Gasteiger partial charge in [-0.25, -0.2) is 4.98 Å². The average Bonchev–Trinajstić information content (AvgIpc) is 3.39. The highest BCUT2D eigenvalue weighted by atomic mass is 35.5. The third kappa shape index (κ3) is 3.39. The molecule has 0 aliphatic carbocycles. The summed E-state index contributed by atoms with van der Waals surface area (Å²) in [4.78, 5) is 9.12. The van der Waals surface area contributed by atoms with Crippen molar-refractivity contribution in [2.45, 2.75) is 37.9 Å². The van der Waals surface area contributed by atoms with Crippen LogP contribution in [0.5, 0.6) is 0 Å². The SMILES string of the molecule is Cc1cccc(Cl)c1C(CN1c2ccc(N)cc2-n2cncc2C1N)C1CCCN1C. The van der Waals surface area contributed by atoms with Gasteiger partial charge in [0.1, 0.15) is 6.17 Å². The van der Waals surface area contributed by atoms with Crippen molar-refractivity contribution in [1.29, 1.82) is 0 Å². The minimum absolute atomic E-state index is 0.229. The Morgan fingerprint density at radius 1 is 1.23 bits per heavy atom. The lowest BCUT2D eigenvalue weighted by molar-refractivity contribution is 0.267. The van der Waals surface area contributed by atoms with Crippen LogP contribution in [0.25, 0.3) is 5.69 Å². The zero-order valence-corrected chi connectivity index (χ0v) is 18.8. The topological polar surface area (TPSA) is 76.3 Å². The maximum absolute atomic E-state index is 6.81. The molecule has 162 valence electrons. The minimum Gasteiger partial charge on any atom is -0.399 e. The normalized spacial score (nSPS) is 21.7. The third-order valence-electron chi connectivity index (χ3n) is 6.95. The monoisotopic (exact) mass is 436 g/mol. The first kappa shape index (κ1) is 20.4. The van der Waals surface area contributed by atoms with Gasteiger partial charge in [0.2, 0.25) is 0 Å². The number of halogens is 1. The van der Waals surface area contributed by atoms with Gasteiger partial charge in [-0.15, -0.1) is 0 Å². The Balaban J connectivity index is 1.61. The summed E-state index contributed by atoms with van der Waals surface area (Å²) in [6, 6.07) is 12.6. The number of anilines is 2. The Hall–Kier alpha value is -2.54. The number of likely N-dealkylation sites (N-methyl/N-ethyl adjacent to an activating group) is 1. The van der Waals surface area contributed by atoms with E-state index in [0.717, 1.165) is 47.3 Å². The van der Waals surface area contributed by atoms with Gasteiger partial charge in [-0.1, -0.05) is 23.7 Å². The van der Waals surface area contributed by atoms with Crippen molar-refractivity contribution in [3.05, 3.63) is 70.8 Å². The van der Waals surface area contributed by atoms with E-state index in [1.165, 1.54) is 17.5 Å². The third-order valence-corrected chi connectivity index (χ3v) is 7.28. The number of hydrogen-bond donors (Lipinski definition) is 2. The molecule has 3 unspecified atom stereocenters. The highest BCUT2D eigenvalue weighted by molar-refractivity contribution is 6.31. The summed E-state index contributed by atoms with van der Waals surface area (Å²) >= 11 is 6.79. The molecular formula is C24H29ClN6. The Labute approximate surface area is 188 Å². The van der Waals surface area contributed by atoms with Crippen molar-refractivity contribution in [2.24, 2.45) is 5.73 Å². The highest BCUT2D eigenvalue weighted by Crippen LogP contribution is 2.42. The van der Waals surface area contributed by atoms with Crippen molar-refractivity contribution in [1.82, 2.24) is 14.5 Å². The van der Waals surface area contributed by atoms with Gasteiger partial charge in [0.15, 0.2) is 0 Å². The van der Waals surface area contributed by atoms with Crippen molar-refractivity contribution >= 4 is 23.0 Å². The number of hydrogen-bond acceptors (Lipinski definition) is 5. The standard InChI is InChI=1S/C24H29ClN6/c1-15-5-3-6-18(25)23(15)17(19-7-4-10-29(19)2)13-30-20-9-8-16(26)11-21(20)31-14-28-12-22(31)24(30)27/h3,5-6,8-9,11-12,14,17,19,24H,4,7,10,13,26-27H2,1-2H3. The lowest BCUT2D eigenvalue weighted by Crippen LogP contribution is -2.45. The van der Waals surface area contributed by atoms with Crippen LogP contribution >= 0.6 is 11.6 Å². The van der Waals surface area contributed by atoms with Crippen LogP contribution in [-0.2, 0) is 0 Å². The molecule has 0 saturated carbocycles. The van der Waals surface area contributed by atoms with E-state index in [2.05, 4.69) is 40.9 Å². The summed E-state index contributed by atoms with van der Waals surface area (Å²) in [7, 11) is 2.22. The van der Waals surface area contributed by atoms with Crippen LogP contribution in [-0.4, -0.2) is 40.6 Å². The highest BCUT2D eigenvalue weighted by Gasteiger charge is 2.37. The molecule has 7 heteroatoms. The number of nitrogens with zero attached hydrogens (tertiary/aromatic N) is 4. The van der Waals surface area contributed by atoms with Crippen LogP contribution in [0.15, 0.2) is 48.9 Å². The first-order chi connectivity index (χ1) is 15.0. The second kappa shape index (κ2) is 7.86. The predicted octanol–water partition coefficient (Wildman–Crippen LogP) is 4.07. The Morgan fingerprint density at radius 3 is 2.81 bits per heavy atom. The van der Waals surface area contributed by atoms with E-state index in [1.807, 2.05) is 41.4 Å². The number of fused-ring (bicyclic) bond motifs is 3. The van der Waals surface area contributed by atoms with Crippen LogP contribution in [0.4, 0.5) is 11.4 Å². The Morgan fingerprint density at radius 2 is 2.06 bits per heavy atom. The summed E-state index contributed by atoms with van der Waals surface area (Å²) in [5, 5.41) is 0.832. The summed E-state index contributed by atoms with van der Waals surface area (Å²) in [5.41, 5.74) is 19.2. The maximum atomic E-state index is 6.81. The number of likely N-dealkylation sites (tertiary alicyclic amines) is 1. The van der Waals surface area contributed by atoms with Crippen molar-refractivity contribution in [2.75, 3.05) is 30.8 Å². The van der Waals surface area contributed by atoms with Crippen molar-refractivity contribution in [3.63, 3.8) is 0 Å². The summed E-state index contributed by atoms with van der Waals surface area (Å²) in [5.74, 6) is 0.229. The fraction of sp³-hybridized carbons (Fsp3) is 0.375. The molecule has 1 aromatic heterocycles. The van der Waals surface area contributed by atoms with E-state index < -0.39 is 0 Å². The fourth-order valence-electron chi connectivity index (χ4n) is 5.40. The smallest absolute Gasteiger partial charge is 0.121 e. The van der Waals surface area contributed by atoms with Gasteiger partial charge >= 0.3 is 0 Å². The molecule has 31 heavy (non-hydrogen) atoms. The molecule has 6 nitrogen and oxygen atoms in total. The first-order valence-corrected chi connectivity index (χ1v) is 11.2. The molecule has 2 aliphatic heterocycles. The van der Waals surface area contributed by atoms with Gasteiger partial charge in [0.25, 0.3) is 0 Å². The van der Waals surface area contributed by atoms with E-state index in [9.17, 15) is 0 Å². The Kier molecular flexibility index (Phi) is 5.16. The van der Waals surface area contributed by atoms with Crippen LogP contribution in [0.1, 0.15) is 41.7 Å². The molecule has 2 aliphatic rings. The molecule has 0 bridgehead atoms. The summed E-state index contributed by atoms with van der Waals surface area (Å²) in [6.45, 7) is 4.03. The number of rotatable bonds is 4. The molecule has 2 aromatic carbocycles. The Bertz CT molecular complexity index is 1090. The number of imidazole rings is 1. The van der Waals surface area contributed by atoms with Gasteiger partial charge < -0.3 is 21.3 Å². The summed E-state index contributed by atoms with van der Waals surface area (Å²) in [6.07, 6.45) is 5.72. The quantitative estimate of drug-likeness (QED) is 0.603. The zero-order valence-electron chi connectivity index (χ0n) is 18.0. The molecule has 4 N–H and O–H groups in total. The predicted molar refractivity (Wildman–Crippen MR) is 127 cm³/mol. The van der Waals surface area contributed by atoms with Crippen LogP contribution < -0.4 is 16.4 Å². The number of benzene rings is 2. The largest absolute Gasteiger partial charge is 0.399 e. The zero-order chi connectivity index (χ0) is 21.7. The van der Waals surface area contributed by atoms with E-state index in [0.29, 0.717) is 6.04 Å². The molecule has 0 spiro atoms. The van der Waals surface area contributed by atoms with Crippen molar-refractivity contribution in [3.8, 4) is 5.69 Å². The number of aryl methyl sites for hydroxylation is 1. The molecule has 5 rings (SSSR count). The van der Waals surface area contributed by atoms with E-state index >= 15 is 0 Å². The molecule has 3 atom stereocenters. The van der Waals surface area contributed by atoms with Crippen LogP contribution in [0, 0.1) is 6.92 Å². The first-order valence-electron chi connectivity index (χ1n) is 10.9. The van der Waals surface area contributed by atoms with Crippen LogP contribution in [0.3, 0.4) is 0 Å². The molecule has 3 aromatic rings. The number of nitrogens with two attached hydrogens (primary N) is 2. The molecule has 0 radical (unpaired) electrons. The van der Waals surface area contributed by atoms with E-state index in [1.54, 1.807) is 0 Å². The molecule has 0 amide bonds. The summed E-state index contributed by atoms with van der Waals surface area (Å²) < 4.78 is 2.05. The maximum Gasteiger partial charge on any atom is 0.121 e. The second-order valence-corrected chi connectivity index (χ2v) is 9.21. The second-order valence-electron chi connectivity index (χ2n) is 8.80.